The second-order valence-corrected chi connectivity index (χ2v) is 5.07. The molecule has 2 aromatic carbocycles. The summed E-state index contributed by atoms with van der Waals surface area (Å²) in [4.78, 5) is 0. The third kappa shape index (κ3) is 1.88. The van der Waals surface area contributed by atoms with Gasteiger partial charge in [-0.15, -0.1) is 0 Å². The molecule has 0 saturated heterocycles. The summed E-state index contributed by atoms with van der Waals surface area (Å²) in [7, 11) is 0. The van der Waals surface area contributed by atoms with Crippen LogP contribution in [-0.4, -0.2) is 0 Å². The number of hydrogen-bond donors (Lipinski definition) is 0. The third-order valence-electron chi connectivity index (χ3n) is 3.79. The Morgan fingerprint density at radius 1 is 1.00 bits per heavy atom. The maximum absolute atomic E-state index is 2.35. The molecule has 0 radical (unpaired) electrons. The fraction of sp³-hybridized carbons (Fsp3) is 0.222. The third-order valence-corrected chi connectivity index (χ3v) is 3.79. The van der Waals surface area contributed by atoms with Crippen molar-refractivity contribution in [1.82, 2.24) is 0 Å². The van der Waals surface area contributed by atoms with Crippen molar-refractivity contribution in [3.8, 4) is 11.1 Å². The van der Waals surface area contributed by atoms with E-state index in [0.717, 1.165) is 12.8 Å². The van der Waals surface area contributed by atoms with Gasteiger partial charge in [0, 0.05) is 0 Å². The van der Waals surface area contributed by atoms with Gasteiger partial charge in [-0.05, 0) is 42.0 Å². The molecule has 0 heteroatoms. The number of allylic oxidation sites excluding steroid dienone is 1. The lowest BCUT2D eigenvalue weighted by atomic mass is 9.95. The van der Waals surface area contributed by atoms with Gasteiger partial charge in [0.05, 0.1) is 0 Å². The summed E-state index contributed by atoms with van der Waals surface area (Å²) in [5.74, 6) is 0. The van der Waals surface area contributed by atoms with Crippen molar-refractivity contribution in [3.05, 3.63) is 64.7 Å². The Hall–Kier alpha value is -1.82. The van der Waals surface area contributed by atoms with E-state index in [1.165, 1.54) is 27.8 Å². The highest BCUT2D eigenvalue weighted by molar-refractivity contribution is 5.77. The van der Waals surface area contributed by atoms with Crippen molar-refractivity contribution >= 4 is 6.08 Å². The molecule has 0 atom stereocenters. The van der Waals surface area contributed by atoms with Crippen LogP contribution in [-0.2, 0) is 6.42 Å². The predicted octanol–water partition coefficient (Wildman–Crippen LogP) is 5.01. The molecule has 0 nitrogen and oxygen atoms in total. The van der Waals surface area contributed by atoms with Crippen molar-refractivity contribution < 1.29 is 0 Å². The summed E-state index contributed by atoms with van der Waals surface area (Å²) < 4.78 is 0. The van der Waals surface area contributed by atoms with E-state index < -0.39 is 0 Å². The van der Waals surface area contributed by atoms with E-state index in [0.29, 0.717) is 0 Å². The van der Waals surface area contributed by atoms with Crippen LogP contribution in [0.1, 0.15) is 30.0 Å². The Kier molecular flexibility index (Phi) is 2.79. The van der Waals surface area contributed by atoms with Crippen LogP contribution in [0.15, 0.2) is 48.0 Å². The van der Waals surface area contributed by atoms with Gasteiger partial charge in [0.25, 0.3) is 0 Å². The largest absolute Gasteiger partial charge is 0.0655 e. The van der Waals surface area contributed by atoms with Gasteiger partial charge in [0.1, 0.15) is 0 Å². The molecule has 0 fully saturated rings. The fourth-order valence-corrected chi connectivity index (χ4v) is 2.67. The Morgan fingerprint density at radius 2 is 1.78 bits per heavy atom. The second-order valence-electron chi connectivity index (χ2n) is 5.07. The first-order valence-corrected chi connectivity index (χ1v) is 6.66. The van der Waals surface area contributed by atoms with Crippen molar-refractivity contribution in [2.24, 2.45) is 0 Å². The molecular formula is C18H18. The number of hydrogen-bond acceptors (Lipinski definition) is 0. The first-order chi connectivity index (χ1) is 8.78. The lowest BCUT2D eigenvalue weighted by Crippen LogP contribution is -1.90. The monoisotopic (exact) mass is 234 g/mol. The van der Waals surface area contributed by atoms with Gasteiger partial charge >= 0.3 is 0 Å². The predicted molar refractivity (Wildman–Crippen MR) is 78.6 cm³/mol. The van der Waals surface area contributed by atoms with E-state index in [1.54, 1.807) is 5.57 Å². The molecule has 0 spiro atoms. The van der Waals surface area contributed by atoms with Gasteiger partial charge in [-0.1, -0.05) is 66.6 Å². The standard InChI is InChI=1S/C18H18/c1-3-14-11-16-5-4-6-17(18(16)12-14)15-9-7-13(2)8-10-15/h4-11H,3,12H2,1-2H3. The minimum absolute atomic E-state index is 1.12. The Labute approximate surface area is 109 Å². The fourth-order valence-electron chi connectivity index (χ4n) is 2.67. The van der Waals surface area contributed by atoms with Crippen LogP contribution in [0.4, 0.5) is 0 Å². The summed E-state index contributed by atoms with van der Waals surface area (Å²) in [5.41, 5.74) is 8.50. The molecule has 3 rings (SSSR count). The van der Waals surface area contributed by atoms with Gasteiger partial charge in [-0.25, -0.2) is 0 Å². The average molecular weight is 234 g/mol. The van der Waals surface area contributed by atoms with Crippen LogP contribution < -0.4 is 0 Å². The minimum Gasteiger partial charge on any atom is -0.0655 e. The van der Waals surface area contributed by atoms with E-state index in [-0.39, 0.29) is 0 Å². The molecule has 0 heterocycles. The summed E-state index contributed by atoms with van der Waals surface area (Å²) in [6, 6.07) is 15.5. The molecule has 1 aliphatic rings. The smallest absolute Gasteiger partial charge is 0.00518 e. The van der Waals surface area contributed by atoms with E-state index in [4.69, 9.17) is 0 Å². The van der Waals surface area contributed by atoms with Crippen LogP contribution in [0.2, 0.25) is 0 Å². The normalized spacial score (nSPS) is 13.3. The summed E-state index contributed by atoms with van der Waals surface area (Å²) in [6.45, 7) is 4.37. The number of aryl methyl sites for hydroxylation is 1. The lowest BCUT2D eigenvalue weighted by molar-refractivity contribution is 1.04. The summed E-state index contributed by atoms with van der Waals surface area (Å²) in [6.07, 6.45) is 4.63. The van der Waals surface area contributed by atoms with Gasteiger partial charge < -0.3 is 0 Å². The zero-order chi connectivity index (χ0) is 12.5. The lowest BCUT2D eigenvalue weighted by Gasteiger charge is -2.09. The van der Waals surface area contributed by atoms with Gasteiger partial charge in [-0.2, -0.15) is 0 Å². The molecule has 0 N–H and O–H groups in total. The molecule has 0 aromatic heterocycles. The zero-order valence-corrected chi connectivity index (χ0v) is 11.0. The van der Waals surface area contributed by atoms with E-state index >= 15 is 0 Å². The molecule has 0 aliphatic heterocycles. The van der Waals surface area contributed by atoms with Crippen LogP contribution in [0, 0.1) is 6.92 Å². The number of rotatable bonds is 2. The van der Waals surface area contributed by atoms with Crippen LogP contribution in [0.5, 0.6) is 0 Å². The molecule has 0 amide bonds. The first-order valence-electron chi connectivity index (χ1n) is 6.66. The van der Waals surface area contributed by atoms with Crippen LogP contribution in [0.25, 0.3) is 17.2 Å². The molecule has 0 saturated carbocycles. The Bertz CT molecular complexity index is 600. The van der Waals surface area contributed by atoms with E-state index in [2.05, 4.69) is 62.4 Å². The number of benzene rings is 2. The first kappa shape index (κ1) is 11.3. The Balaban J connectivity index is 2.07. The van der Waals surface area contributed by atoms with Crippen molar-refractivity contribution in [2.75, 3.05) is 0 Å². The quantitative estimate of drug-likeness (QED) is 0.685. The number of fused-ring (bicyclic) bond motifs is 1. The summed E-state index contributed by atoms with van der Waals surface area (Å²) in [5, 5.41) is 0. The SMILES string of the molecule is CCC1=Cc2cccc(-c3ccc(C)cc3)c2C1. The van der Waals surface area contributed by atoms with Gasteiger partial charge in [0.15, 0.2) is 0 Å². The molecule has 0 bridgehead atoms. The summed E-state index contributed by atoms with van der Waals surface area (Å²) >= 11 is 0. The van der Waals surface area contributed by atoms with Crippen LogP contribution in [0.3, 0.4) is 0 Å². The maximum Gasteiger partial charge on any atom is -0.00518 e. The maximum atomic E-state index is 2.35. The molecule has 1 aliphatic carbocycles. The molecular weight excluding hydrogens is 216 g/mol. The molecule has 18 heavy (non-hydrogen) atoms. The van der Waals surface area contributed by atoms with Gasteiger partial charge in [-0.3, -0.25) is 0 Å². The highest BCUT2D eigenvalue weighted by Crippen LogP contribution is 2.34. The van der Waals surface area contributed by atoms with Crippen molar-refractivity contribution in [3.63, 3.8) is 0 Å². The Morgan fingerprint density at radius 3 is 2.50 bits per heavy atom. The average Bonchev–Trinajstić information content (AvgIpc) is 2.82. The van der Waals surface area contributed by atoms with Crippen molar-refractivity contribution in [2.45, 2.75) is 26.7 Å². The molecule has 2 aromatic rings. The van der Waals surface area contributed by atoms with Gasteiger partial charge in [0.2, 0.25) is 0 Å². The highest BCUT2D eigenvalue weighted by atomic mass is 14.2. The second kappa shape index (κ2) is 4.45. The molecule has 0 unspecified atom stereocenters. The van der Waals surface area contributed by atoms with E-state index in [1.807, 2.05) is 0 Å². The van der Waals surface area contributed by atoms with Crippen molar-refractivity contribution in [1.29, 1.82) is 0 Å². The topological polar surface area (TPSA) is 0 Å². The zero-order valence-electron chi connectivity index (χ0n) is 11.0. The van der Waals surface area contributed by atoms with Crippen LogP contribution >= 0.6 is 0 Å². The van der Waals surface area contributed by atoms with E-state index in [9.17, 15) is 0 Å². The highest BCUT2D eigenvalue weighted by Gasteiger charge is 2.15. The molecule has 90 valence electrons. The minimum atomic E-state index is 1.12.